The number of hydrogen-bond acceptors (Lipinski definition) is 2. The fourth-order valence-corrected chi connectivity index (χ4v) is 0.828. The molecule has 0 spiro atoms. The van der Waals surface area contributed by atoms with Crippen molar-refractivity contribution in [3.05, 3.63) is 36.9 Å². The molecule has 0 bridgehead atoms. The summed E-state index contributed by atoms with van der Waals surface area (Å²) in [5, 5.41) is 0. The second-order valence-electron chi connectivity index (χ2n) is 2.18. The van der Waals surface area contributed by atoms with Crippen LogP contribution in [-0.4, -0.2) is 36.8 Å². The summed E-state index contributed by atoms with van der Waals surface area (Å²) < 4.78 is 10.4. The van der Waals surface area contributed by atoms with Gasteiger partial charge in [-0.15, -0.1) is 12.1 Å². The molecule has 0 amide bonds. The number of benzene rings is 1. The molecule has 0 aromatic heterocycles. The molecule has 1 rings (SSSR count). The second-order valence-corrected chi connectivity index (χ2v) is 2.18. The van der Waals surface area contributed by atoms with Gasteiger partial charge < -0.3 is 26.5 Å². The zero-order valence-electron chi connectivity index (χ0n) is 8.13. The Balaban J connectivity index is 0. The van der Waals surface area contributed by atoms with E-state index in [9.17, 15) is 0 Å². The largest absolute Gasteiger partial charge is 2.00 e. The van der Waals surface area contributed by atoms with E-state index in [2.05, 4.69) is 12.6 Å². The van der Waals surface area contributed by atoms with Gasteiger partial charge in [-0.05, 0) is 0 Å². The summed E-state index contributed by atoms with van der Waals surface area (Å²) in [5.74, 6) is 1.41. The Labute approximate surface area is 111 Å². The maximum Gasteiger partial charge on any atom is 2.00 e. The molecule has 0 fully saturated rings. The molecule has 0 unspecified atom stereocenters. The second kappa shape index (κ2) is 9.36. The molecule has 0 N–H and O–H groups in total. The summed E-state index contributed by atoms with van der Waals surface area (Å²) in [6.45, 7) is 4.04. The zero-order chi connectivity index (χ0) is 8.81. The predicted octanol–water partition coefficient (Wildman–Crippen LogP) is -1.32. The predicted molar refractivity (Wildman–Crippen MR) is 53.3 cm³/mol. The van der Waals surface area contributed by atoms with E-state index in [4.69, 9.17) is 9.47 Å². The van der Waals surface area contributed by atoms with Gasteiger partial charge in [-0.2, -0.15) is 12.1 Å². The van der Waals surface area contributed by atoms with Crippen molar-refractivity contribution in [2.75, 3.05) is 13.7 Å². The first-order chi connectivity index (χ1) is 5.88. The molecule has 0 heterocycles. The van der Waals surface area contributed by atoms with Crippen LogP contribution in [0.2, 0.25) is 0 Å². The van der Waals surface area contributed by atoms with Crippen LogP contribution in [0.5, 0.6) is 11.5 Å². The summed E-state index contributed by atoms with van der Waals surface area (Å²) >= 11 is 0. The first-order valence-electron chi connectivity index (χ1n) is 3.66. The Hall–Kier alpha value is -0.194. The molecule has 2 nitrogen and oxygen atoms in total. The van der Waals surface area contributed by atoms with Crippen LogP contribution in [0.25, 0.3) is 0 Å². The number of ether oxygens (including phenoxy) is 2. The molecule has 1 aromatic rings. The van der Waals surface area contributed by atoms with Gasteiger partial charge in [-0.1, -0.05) is 12.7 Å². The van der Waals surface area contributed by atoms with Gasteiger partial charge in [-0.3, -0.25) is 0 Å². The zero-order valence-corrected chi connectivity index (χ0v) is 11.1. The molecule has 4 heteroatoms. The minimum Gasteiger partial charge on any atom is -1.00 e. The minimum absolute atomic E-state index is 0. The molecule has 0 aliphatic carbocycles. The van der Waals surface area contributed by atoms with E-state index in [0.717, 1.165) is 5.75 Å². The van der Waals surface area contributed by atoms with E-state index in [-0.39, 0.29) is 40.0 Å². The van der Waals surface area contributed by atoms with Crippen LogP contribution in [0.15, 0.2) is 30.9 Å². The Morgan fingerprint density at radius 3 is 2.79 bits per heavy atom. The van der Waals surface area contributed by atoms with E-state index in [1.807, 2.05) is 6.07 Å². The SMILES string of the molecule is C=CCOc1cc[c-]cc1OC.[Br-].[Mg+2]. The van der Waals surface area contributed by atoms with Crippen molar-refractivity contribution in [1.29, 1.82) is 0 Å². The fraction of sp³-hybridized carbons (Fsp3) is 0.200. The molecule has 0 radical (unpaired) electrons. The van der Waals surface area contributed by atoms with Crippen molar-refractivity contribution < 1.29 is 26.5 Å². The normalized spacial score (nSPS) is 7.79. The maximum atomic E-state index is 5.31. The average molecular weight is 267 g/mol. The van der Waals surface area contributed by atoms with Crippen LogP contribution < -0.4 is 26.5 Å². The van der Waals surface area contributed by atoms with Crippen molar-refractivity contribution in [1.82, 2.24) is 0 Å². The number of hydrogen-bond donors (Lipinski definition) is 0. The van der Waals surface area contributed by atoms with Crippen molar-refractivity contribution in [2.24, 2.45) is 0 Å². The average Bonchev–Trinajstić information content (AvgIpc) is 2.15. The van der Waals surface area contributed by atoms with Gasteiger partial charge in [-0.25, -0.2) is 0 Å². The summed E-state index contributed by atoms with van der Waals surface area (Å²) in [5.41, 5.74) is 0. The van der Waals surface area contributed by atoms with Crippen LogP contribution in [0, 0.1) is 6.07 Å². The van der Waals surface area contributed by atoms with Crippen LogP contribution in [-0.2, 0) is 0 Å². The molecular weight excluding hydrogens is 256 g/mol. The first kappa shape index (κ1) is 16.2. The Kier molecular flexibility index (Phi) is 10.9. The van der Waals surface area contributed by atoms with Gasteiger partial charge in [0.1, 0.15) is 6.61 Å². The Morgan fingerprint density at radius 2 is 2.21 bits per heavy atom. The van der Waals surface area contributed by atoms with Crippen molar-refractivity contribution in [3.63, 3.8) is 0 Å². The van der Waals surface area contributed by atoms with Gasteiger partial charge >= 0.3 is 23.1 Å². The summed E-state index contributed by atoms with van der Waals surface area (Å²) in [7, 11) is 1.60. The minimum atomic E-state index is 0. The molecular formula is C10H11BrMgO2. The van der Waals surface area contributed by atoms with Gasteiger partial charge in [0.2, 0.25) is 0 Å². The smallest absolute Gasteiger partial charge is 1.00 e. The van der Waals surface area contributed by atoms with Crippen molar-refractivity contribution in [2.45, 2.75) is 0 Å². The Bertz CT molecular complexity index is 266. The van der Waals surface area contributed by atoms with Crippen LogP contribution in [0.4, 0.5) is 0 Å². The van der Waals surface area contributed by atoms with E-state index >= 15 is 0 Å². The Morgan fingerprint density at radius 1 is 1.50 bits per heavy atom. The molecule has 1 aromatic carbocycles. The standard InChI is InChI=1S/C10H11O2.BrH.Mg/c1-3-8-12-10-7-5-4-6-9(10)11-2;;/h3,5-7H,1,8H2,2H3;1H;/q-1;;+2/p-1. The van der Waals surface area contributed by atoms with Gasteiger partial charge in [0, 0.05) is 5.75 Å². The third-order valence-electron chi connectivity index (χ3n) is 1.36. The van der Waals surface area contributed by atoms with Crippen LogP contribution in [0.3, 0.4) is 0 Å². The third-order valence-corrected chi connectivity index (χ3v) is 1.36. The number of rotatable bonds is 4. The first-order valence-corrected chi connectivity index (χ1v) is 3.66. The van der Waals surface area contributed by atoms with Crippen molar-refractivity contribution in [3.8, 4) is 11.5 Å². The number of halogens is 1. The maximum absolute atomic E-state index is 5.31. The fourth-order valence-electron chi connectivity index (χ4n) is 0.828. The molecule has 0 saturated carbocycles. The number of methoxy groups -OCH3 is 1. The quantitative estimate of drug-likeness (QED) is 0.383. The summed E-state index contributed by atoms with van der Waals surface area (Å²) in [6, 6.07) is 8.22. The third kappa shape index (κ3) is 4.88. The van der Waals surface area contributed by atoms with Gasteiger partial charge in [0.05, 0.1) is 12.9 Å². The van der Waals surface area contributed by atoms with E-state index in [1.165, 1.54) is 0 Å². The van der Waals surface area contributed by atoms with E-state index < -0.39 is 0 Å². The molecule has 14 heavy (non-hydrogen) atoms. The van der Waals surface area contributed by atoms with E-state index in [1.54, 1.807) is 25.3 Å². The van der Waals surface area contributed by atoms with Crippen LogP contribution >= 0.6 is 0 Å². The van der Waals surface area contributed by atoms with E-state index in [0.29, 0.717) is 12.4 Å². The molecule has 72 valence electrons. The van der Waals surface area contributed by atoms with Crippen molar-refractivity contribution >= 4 is 23.1 Å². The van der Waals surface area contributed by atoms with Crippen LogP contribution in [0.1, 0.15) is 0 Å². The van der Waals surface area contributed by atoms with Gasteiger partial charge in [0.15, 0.2) is 0 Å². The topological polar surface area (TPSA) is 18.5 Å². The summed E-state index contributed by atoms with van der Waals surface area (Å²) in [4.78, 5) is 0. The molecule has 0 atom stereocenters. The van der Waals surface area contributed by atoms with Gasteiger partial charge in [0.25, 0.3) is 0 Å². The molecule has 0 saturated heterocycles. The monoisotopic (exact) mass is 266 g/mol. The molecule has 0 aliphatic rings. The molecule has 0 aliphatic heterocycles. The summed E-state index contributed by atoms with van der Waals surface area (Å²) in [6.07, 6.45) is 1.69.